The third kappa shape index (κ3) is 5.52. The van der Waals surface area contributed by atoms with Crippen LogP contribution in [0, 0.1) is 5.82 Å². The molecule has 0 aliphatic carbocycles. The van der Waals surface area contributed by atoms with E-state index in [1.54, 1.807) is 19.2 Å². The predicted octanol–water partition coefficient (Wildman–Crippen LogP) is 5.49. The molecule has 0 unspecified atom stereocenters. The molecule has 5 aromatic rings. The third-order valence-corrected chi connectivity index (χ3v) is 8.05. The zero-order chi connectivity index (χ0) is 28.5. The van der Waals surface area contributed by atoms with E-state index in [-0.39, 0.29) is 39.6 Å². The molecule has 1 aliphatic heterocycles. The van der Waals surface area contributed by atoms with Crippen LogP contribution in [0.2, 0.25) is 0 Å². The van der Waals surface area contributed by atoms with Crippen LogP contribution in [0.1, 0.15) is 23.6 Å². The Kier molecular flexibility index (Phi) is 7.41. The number of methoxy groups -OCH3 is 1. The molecule has 0 saturated carbocycles. The van der Waals surface area contributed by atoms with Crippen molar-refractivity contribution in [2.24, 2.45) is 5.10 Å². The van der Waals surface area contributed by atoms with Crippen molar-refractivity contribution < 1.29 is 13.9 Å². The van der Waals surface area contributed by atoms with Crippen LogP contribution in [0.4, 0.5) is 4.39 Å². The van der Waals surface area contributed by atoms with E-state index in [2.05, 4.69) is 31.0 Å². The summed E-state index contributed by atoms with van der Waals surface area (Å²) in [6.45, 7) is 0. The summed E-state index contributed by atoms with van der Waals surface area (Å²) in [5.74, 6) is 0.0898. The van der Waals surface area contributed by atoms with Gasteiger partial charge in [-0.05, 0) is 59.7 Å². The quantitative estimate of drug-likeness (QED) is 0.188. The van der Waals surface area contributed by atoms with Crippen LogP contribution in [0.3, 0.4) is 0 Å². The number of amides is 1. The first-order valence-corrected chi connectivity index (χ1v) is 14.3. The lowest BCUT2D eigenvalue weighted by Gasteiger charge is -2.22. The van der Waals surface area contributed by atoms with E-state index in [1.165, 1.54) is 28.0 Å². The number of aromatic amines is 1. The summed E-state index contributed by atoms with van der Waals surface area (Å²) in [5, 5.41) is 11.0. The fourth-order valence-corrected chi connectivity index (χ4v) is 5.55. The molecule has 9 nitrogen and oxygen atoms in total. The van der Waals surface area contributed by atoms with Gasteiger partial charge in [-0.2, -0.15) is 10.2 Å². The van der Waals surface area contributed by atoms with Crippen molar-refractivity contribution in [3.63, 3.8) is 0 Å². The lowest BCUT2D eigenvalue weighted by Crippen LogP contribution is -2.28. The highest BCUT2D eigenvalue weighted by Crippen LogP contribution is 2.34. The molecule has 206 valence electrons. The average molecular weight is 634 g/mol. The molecule has 0 radical (unpaired) electrons. The van der Waals surface area contributed by atoms with Gasteiger partial charge in [-0.3, -0.25) is 9.59 Å². The molecule has 2 aromatic heterocycles. The predicted molar refractivity (Wildman–Crippen MR) is 158 cm³/mol. The summed E-state index contributed by atoms with van der Waals surface area (Å²) in [6, 6.07) is 20.8. The van der Waals surface area contributed by atoms with Crippen LogP contribution in [0.5, 0.6) is 5.75 Å². The molecule has 0 bridgehead atoms. The van der Waals surface area contributed by atoms with Crippen molar-refractivity contribution in [3.8, 4) is 11.4 Å². The molecule has 0 spiro atoms. The number of thioether (sulfide) groups is 1. The Morgan fingerprint density at radius 2 is 1.83 bits per heavy atom. The van der Waals surface area contributed by atoms with Gasteiger partial charge < -0.3 is 9.72 Å². The molecule has 3 heterocycles. The molecule has 1 amide bonds. The van der Waals surface area contributed by atoms with Crippen molar-refractivity contribution in [2.45, 2.75) is 17.6 Å². The number of aromatic nitrogens is 4. The number of nitrogens with one attached hydrogen (secondary N) is 1. The maximum absolute atomic E-state index is 13.6. The van der Waals surface area contributed by atoms with Crippen LogP contribution < -0.4 is 10.3 Å². The maximum atomic E-state index is 13.6. The Hall–Kier alpha value is -4.29. The number of halogens is 2. The number of hydrogen-bond acceptors (Lipinski definition) is 7. The van der Waals surface area contributed by atoms with Crippen LogP contribution in [0.25, 0.3) is 16.7 Å². The second-order valence-corrected chi connectivity index (χ2v) is 11.1. The number of H-pyrrole nitrogens is 1. The van der Waals surface area contributed by atoms with Gasteiger partial charge in [-0.15, -0.1) is 0 Å². The summed E-state index contributed by atoms with van der Waals surface area (Å²) in [4.78, 5) is 33.6. The first-order chi connectivity index (χ1) is 19.9. The van der Waals surface area contributed by atoms with E-state index < -0.39 is 0 Å². The monoisotopic (exact) mass is 632 g/mol. The van der Waals surface area contributed by atoms with Gasteiger partial charge in [0.05, 0.1) is 36.5 Å². The number of benzene rings is 3. The summed E-state index contributed by atoms with van der Waals surface area (Å²) in [5.41, 5.74) is 3.14. The zero-order valence-electron chi connectivity index (χ0n) is 21.6. The Balaban J connectivity index is 1.27. The van der Waals surface area contributed by atoms with Gasteiger partial charge in [0, 0.05) is 10.9 Å². The van der Waals surface area contributed by atoms with Crippen molar-refractivity contribution in [2.75, 3.05) is 12.9 Å². The molecule has 0 fully saturated rings. The fraction of sp³-hybridized carbons (Fsp3) is 0.138. The second-order valence-electron chi connectivity index (χ2n) is 9.21. The molecule has 3 aromatic carbocycles. The van der Waals surface area contributed by atoms with Crippen LogP contribution >= 0.6 is 27.7 Å². The van der Waals surface area contributed by atoms with Crippen molar-refractivity contribution in [3.05, 3.63) is 111 Å². The largest absolute Gasteiger partial charge is 0.497 e. The third-order valence-electron chi connectivity index (χ3n) is 6.66. The number of rotatable bonds is 7. The fourth-order valence-electron chi connectivity index (χ4n) is 4.58. The molecule has 0 saturated heterocycles. The molecule has 12 heteroatoms. The number of carbonyl (C=O) groups is 1. The highest BCUT2D eigenvalue weighted by Gasteiger charge is 2.33. The Morgan fingerprint density at radius 3 is 2.54 bits per heavy atom. The topological polar surface area (TPSA) is 105 Å². The second kappa shape index (κ2) is 11.3. The molecular formula is C29H22BrFN6O3S. The van der Waals surface area contributed by atoms with Crippen LogP contribution in [0.15, 0.2) is 98.5 Å². The number of nitrogens with zero attached hydrogens (tertiary/aromatic N) is 5. The standard InChI is InChI=1S/C29H22BrFN6O3S/c1-40-22-12-4-18(5-13-22)25-14-24(17-2-6-19(30)7-3-17)35-37(25)26(38)16-41-29-33-27-23(28(39)34-29)15-32-36(27)21-10-8-20(31)9-11-21/h2-13,15,25H,14,16H2,1H3,(H,33,34,39)/t25-/m0/s1. The first kappa shape index (κ1) is 26.9. The number of carbonyl (C=O) groups excluding carboxylic acids is 1. The van der Waals surface area contributed by atoms with Gasteiger partial charge in [-0.1, -0.05) is 52.0 Å². The minimum Gasteiger partial charge on any atom is -0.497 e. The van der Waals surface area contributed by atoms with Gasteiger partial charge in [-0.25, -0.2) is 19.1 Å². The summed E-state index contributed by atoms with van der Waals surface area (Å²) in [7, 11) is 1.61. The van der Waals surface area contributed by atoms with Gasteiger partial charge in [0.2, 0.25) is 0 Å². The van der Waals surface area contributed by atoms with Crippen molar-refractivity contribution >= 4 is 50.3 Å². The Bertz CT molecular complexity index is 1820. The molecule has 6 rings (SSSR count). The van der Waals surface area contributed by atoms with E-state index in [0.29, 0.717) is 17.8 Å². The van der Waals surface area contributed by atoms with Crippen molar-refractivity contribution in [1.29, 1.82) is 0 Å². The number of hydrogen-bond donors (Lipinski definition) is 1. The highest BCUT2D eigenvalue weighted by molar-refractivity contribution is 9.10. The van der Waals surface area contributed by atoms with E-state index in [0.717, 1.165) is 38.8 Å². The average Bonchev–Trinajstić information content (AvgIpc) is 3.63. The van der Waals surface area contributed by atoms with Gasteiger partial charge in [0.25, 0.3) is 11.5 Å². The minimum atomic E-state index is -0.383. The number of ether oxygens (including phenoxy) is 1. The Morgan fingerprint density at radius 1 is 1.10 bits per heavy atom. The maximum Gasteiger partial charge on any atom is 0.262 e. The number of fused-ring (bicyclic) bond motifs is 1. The normalized spacial score (nSPS) is 14.9. The zero-order valence-corrected chi connectivity index (χ0v) is 24.0. The lowest BCUT2D eigenvalue weighted by atomic mass is 9.98. The minimum absolute atomic E-state index is 0.0110. The van der Waals surface area contributed by atoms with E-state index in [9.17, 15) is 14.0 Å². The lowest BCUT2D eigenvalue weighted by molar-refractivity contribution is -0.130. The molecule has 1 aliphatic rings. The van der Waals surface area contributed by atoms with Crippen LogP contribution in [-0.4, -0.2) is 49.2 Å². The number of hydrazone groups is 1. The smallest absolute Gasteiger partial charge is 0.262 e. The summed E-state index contributed by atoms with van der Waals surface area (Å²) >= 11 is 4.56. The SMILES string of the molecule is COc1ccc([C@@H]2CC(c3ccc(Br)cc3)=NN2C(=O)CSc2nc3c(cnn3-c3ccc(F)cc3)c(=O)[nH]2)cc1. The molecule has 1 atom stereocenters. The molecular weight excluding hydrogens is 611 g/mol. The molecule has 41 heavy (non-hydrogen) atoms. The highest BCUT2D eigenvalue weighted by atomic mass is 79.9. The van der Waals surface area contributed by atoms with Crippen LogP contribution in [-0.2, 0) is 4.79 Å². The molecule has 1 N–H and O–H groups in total. The van der Waals surface area contributed by atoms with Gasteiger partial charge >= 0.3 is 0 Å². The van der Waals surface area contributed by atoms with Crippen molar-refractivity contribution in [1.82, 2.24) is 24.8 Å². The Labute approximate surface area is 246 Å². The first-order valence-electron chi connectivity index (χ1n) is 12.6. The van der Waals surface area contributed by atoms with Gasteiger partial charge in [0.1, 0.15) is 17.0 Å². The van der Waals surface area contributed by atoms with E-state index in [1.807, 2.05) is 48.5 Å². The van der Waals surface area contributed by atoms with E-state index in [4.69, 9.17) is 9.84 Å². The summed E-state index contributed by atoms with van der Waals surface area (Å²) in [6.07, 6.45) is 1.95. The summed E-state index contributed by atoms with van der Waals surface area (Å²) < 4.78 is 21.1. The van der Waals surface area contributed by atoms with E-state index >= 15 is 0 Å². The van der Waals surface area contributed by atoms with Gasteiger partial charge in [0.15, 0.2) is 10.8 Å².